The van der Waals surface area contributed by atoms with E-state index in [2.05, 4.69) is 41.2 Å². The van der Waals surface area contributed by atoms with Crippen LogP contribution in [0, 0.1) is 5.41 Å². The fourth-order valence-corrected chi connectivity index (χ4v) is 3.49. The molecule has 2 rings (SSSR count). The molecule has 1 nitrogen and oxygen atoms in total. The lowest BCUT2D eigenvalue weighted by Gasteiger charge is -2.41. The highest BCUT2D eigenvalue weighted by molar-refractivity contribution is 5.35. The SMILES string of the molecule is C=C1OC(C2=C(C)CCCC2(C)C)CC(C)=C1C. The zero-order valence-corrected chi connectivity index (χ0v) is 12.5. The second-order valence-electron chi connectivity index (χ2n) is 6.57. The summed E-state index contributed by atoms with van der Waals surface area (Å²) in [7, 11) is 0. The van der Waals surface area contributed by atoms with Gasteiger partial charge in [-0.25, -0.2) is 0 Å². The van der Waals surface area contributed by atoms with Crippen LogP contribution in [0.3, 0.4) is 0 Å². The molecule has 0 amide bonds. The van der Waals surface area contributed by atoms with E-state index in [9.17, 15) is 0 Å². The van der Waals surface area contributed by atoms with Crippen molar-refractivity contribution in [3.8, 4) is 0 Å². The molecule has 0 aromatic carbocycles. The van der Waals surface area contributed by atoms with Crippen molar-refractivity contribution < 1.29 is 4.74 Å². The summed E-state index contributed by atoms with van der Waals surface area (Å²) in [4.78, 5) is 0. The molecular weight excluding hydrogens is 220 g/mol. The average molecular weight is 246 g/mol. The number of allylic oxidation sites excluding steroid dienone is 2. The van der Waals surface area contributed by atoms with Crippen molar-refractivity contribution in [2.75, 3.05) is 0 Å². The van der Waals surface area contributed by atoms with Crippen molar-refractivity contribution in [2.24, 2.45) is 5.41 Å². The molecule has 1 atom stereocenters. The number of hydrogen-bond donors (Lipinski definition) is 0. The third-order valence-corrected chi connectivity index (χ3v) is 4.70. The summed E-state index contributed by atoms with van der Waals surface area (Å²) in [6.45, 7) is 15.4. The Hall–Kier alpha value is -0.980. The minimum absolute atomic E-state index is 0.219. The molecule has 18 heavy (non-hydrogen) atoms. The van der Waals surface area contributed by atoms with Crippen LogP contribution in [0.5, 0.6) is 0 Å². The van der Waals surface area contributed by atoms with Gasteiger partial charge in [-0.05, 0) is 56.6 Å². The van der Waals surface area contributed by atoms with Crippen LogP contribution >= 0.6 is 0 Å². The van der Waals surface area contributed by atoms with E-state index < -0.39 is 0 Å². The van der Waals surface area contributed by atoms with Crippen molar-refractivity contribution in [3.63, 3.8) is 0 Å². The molecule has 0 fully saturated rings. The summed E-state index contributed by atoms with van der Waals surface area (Å²) in [6, 6.07) is 0. The molecule has 1 heteroatoms. The minimum Gasteiger partial charge on any atom is -0.486 e. The van der Waals surface area contributed by atoms with Crippen molar-refractivity contribution in [2.45, 2.75) is 66.4 Å². The Labute approximate surface area is 112 Å². The van der Waals surface area contributed by atoms with Gasteiger partial charge in [0.2, 0.25) is 0 Å². The van der Waals surface area contributed by atoms with Gasteiger partial charge in [0.05, 0.1) is 0 Å². The first kappa shape index (κ1) is 13.5. The lowest BCUT2D eigenvalue weighted by Crippen LogP contribution is -2.32. The summed E-state index contributed by atoms with van der Waals surface area (Å²) in [5.41, 5.74) is 6.01. The van der Waals surface area contributed by atoms with Crippen LogP contribution in [0.1, 0.15) is 60.3 Å². The fourth-order valence-electron chi connectivity index (χ4n) is 3.49. The third kappa shape index (κ3) is 2.28. The molecule has 1 heterocycles. The molecule has 0 N–H and O–H groups in total. The predicted octanol–water partition coefficient (Wildman–Crippen LogP) is 5.15. The Morgan fingerprint density at radius 2 is 1.83 bits per heavy atom. The van der Waals surface area contributed by atoms with E-state index in [-0.39, 0.29) is 11.5 Å². The van der Waals surface area contributed by atoms with Crippen molar-refractivity contribution in [3.05, 3.63) is 34.6 Å². The molecular formula is C17H26O. The Bertz CT molecular complexity index is 435. The van der Waals surface area contributed by atoms with E-state index >= 15 is 0 Å². The smallest absolute Gasteiger partial charge is 0.124 e. The van der Waals surface area contributed by atoms with Gasteiger partial charge in [0.25, 0.3) is 0 Å². The molecule has 0 spiro atoms. The van der Waals surface area contributed by atoms with Gasteiger partial charge in [-0.3, -0.25) is 0 Å². The van der Waals surface area contributed by atoms with Gasteiger partial charge in [-0.1, -0.05) is 31.6 Å². The van der Waals surface area contributed by atoms with Gasteiger partial charge >= 0.3 is 0 Å². The van der Waals surface area contributed by atoms with Gasteiger partial charge in [0.1, 0.15) is 11.9 Å². The highest BCUT2D eigenvalue weighted by atomic mass is 16.5. The minimum atomic E-state index is 0.219. The summed E-state index contributed by atoms with van der Waals surface area (Å²) >= 11 is 0. The average Bonchev–Trinajstić information content (AvgIpc) is 2.24. The topological polar surface area (TPSA) is 9.23 Å². The monoisotopic (exact) mass is 246 g/mol. The molecule has 0 bridgehead atoms. The van der Waals surface area contributed by atoms with Crippen LogP contribution in [0.2, 0.25) is 0 Å². The fraction of sp³-hybridized carbons (Fsp3) is 0.647. The van der Waals surface area contributed by atoms with E-state index in [0.717, 1.165) is 12.2 Å². The molecule has 0 aromatic rings. The summed E-state index contributed by atoms with van der Waals surface area (Å²) < 4.78 is 6.10. The molecule has 0 radical (unpaired) electrons. The van der Waals surface area contributed by atoms with Gasteiger partial charge < -0.3 is 4.74 Å². The van der Waals surface area contributed by atoms with Gasteiger partial charge in [-0.2, -0.15) is 0 Å². The van der Waals surface area contributed by atoms with Crippen molar-refractivity contribution >= 4 is 0 Å². The van der Waals surface area contributed by atoms with Crippen molar-refractivity contribution in [1.29, 1.82) is 0 Å². The summed E-state index contributed by atoms with van der Waals surface area (Å²) in [6.07, 6.45) is 5.06. The Morgan fingerprint density at radius 3 is 2.39 bits per heavy atom. The standard InChI is InChI=1S/C17H26O/c1-11-8-7-9-17(5,6)16(11)15-10-12(2)13(3)14(4)18-15/h15H,4,7-10H2,1-3,5-6H3. The number of rotatable bonds is 1. The van der Waals surface area contributed by atoms with E-state index in [0.29, 0.717) is 0 Å². The zero-order chi connectivity index (χ0) is 13.5. The zero-order valence-electron chi connectivity index (χ0n) is 12.5. The Balaban J connectivity index is 2.35. The van der Waals surface area contributed by atoms with E-state index in [1.807, 2.05) is 0 Å². The molecule has 100 valence electrons. The first-order valence-corrected chi connectivity index (χ1v) is 7.05. The van der Waals surface area contributed by atoms with Crippen LogP contribution in [0.25, 0.3) is 0 Å². The third-order valence-electron chi connectivity index (χ3n) is 4.70. The molecule has 0 aromatic heterocycles. The maximum atomic E-state index is 6.10. The van der Waals surface area contributed by atoms with Crippen molar-refractivity contribution in [1.82, 2.24) is 0 Å². The maximum Gasteiger partial charge on any atom is 0.124 e. The lowest BCUT2D eigenvalue weighted by molar-refractivity contribution is 0.114. The Morgan fingerprint density at radius 1 is 1.17 bits per heavy atom. The summed E-state index contributed by atoms with van der Waals surface area (Å²) in [5, 5.41) is 0. The largest absolute Gasteiger partial charge is 0.486 e. The van der Waals surface area contributed by atoms with E-state index in [1.54, 1.807) is 0 Å². The normalized spacial score (nSPS) is 28.5. The van der Waals surface area contributed by atoms with E-state index in [1.165, 1.54) is 41.6 Å². The lowest BCUT2D eigenvalue weighted by atomic mass is 9.69. The highest BCUT2D eigenvalue weighted by Gasteiger charge is 2.36. The molecule has 0 saturated heterocycles. The van der Waals surface area contributed by atoms with Gasteiger partial charge in [0.15, 0.2) is 0 Å². The number of hydrogen-bond acceptors (Lipinski definition) is 1. The van der Waals surface area contributed by atoms with Gasteiger partial charge in [-0.15, -0.1) is 0 Å². The van der Waals surface area contributed by atoms with Gasteiger partial charge in [0, 0.05) is 6.42 Å². The Kier molecular flexibility index (Phi) is 3.44. The summed E-state index contributed by atoms with van der Waals surface area (Å²) in [5.74, 6) is 0.866. The first-order chi connectivity index (χ1) is 8.33. The molecule has 2 aliphatic rings. The van der Waals surface area contributed by atoms with Crippen LogP contribution < -0.4 is 0 Å². The van der Waals surface area contributed by atoms with Crippen LogP contribution in [0.15, 0.2) is 34.6 Å². The molecule has 1 unspecified atom stereocenters. The predicted molar refractivity (Wildman–Crippen MR) is 77.3 cm³/mol. The van der Waals surface area contributed by atoms with Crippen LogP contribution in [-0.2, 0) is 4.74 Å². The van der Waals surface area contributed by atoms with Crippen LogP contribution in [0.4, 0.5) is 0 Å². The maximum absolute atomic E-state index is 6.10. The second-order valence-corrected chi connectivity index (χ2v) is 6.57. The molecule has 1 aliphatic carbocycles. The van der Waals surface area contributed by atoms with E-state index in [4.69, 9.17) is 4.74 Å². The number of ether oxygens (including phenoxy) is 1. The van der Waals surface area contributed by atoms with Crippen LogP contribution in [-0.4, -0.2) is 6.10 Å². The molecule has 1 aliphatic heterocycles. The molecule has 0 saturated carbocycles. The second kappa shape index (κ2) is 4.60. The highest BCUT2D eigenvalue weighted by Crippen LogP contribution is 2.45. The first-order valence-electron chi connectivity index (χ1n) is 7.05. The quantitative estimate of drug-likeness (QED) is 0.581.